The Morgan fingerprint density at radius 2 is 2.27 bits per heavy atom. The molecule has 0 spiro atoms. The third-order valence-corrected chi connectivity index (χ3v) is 2.71. The molecule has 1 aromatic carbocycles. The van der Waals surface area contributed by atoms with Gasteiger partial charge in [-0.1, -0.05) is 6.08 Å². The molecule has 1 aliphatic rings. The second-order valence-corrected chi connectivity index (χ2v) is 3.62. The van der Waals surface area contributed by atoms with Crippen molar-refractivity contribution < 1.29 is 9.13 Å². The fourth-order valence-corrected chi connectivity index (χ4v) is 1.95. The van der Waals surface area contributed by atoms with Gasteiger partial charge in [0.25, 0.3) is 0 Å². The van der Waals surface area contributed by atoms with E-state index in [4.69, 9.17) is 10.5 Å². The number of hydrogen-bond donors (Lipinski definition) is 1. The predicted octanol–water partition coefficient (Wildman–Crippen LogP) is 2.12. The molecule has 0 atom stereocenters. The van der Waals surface area contributed by atoms with Crippen LogP contribution >= 0.6 is 0 Å². The molecule has 0 radical (unpaired) electrons. The minimum Gasteiger partial charge on any atom is -0.494 e. The van der Waals surface area contributed by atoms with Gasteiger partial charge in [0.15, 0.2) is 11.6 Å². The van der Waals surface area contributed by atoms with Crippen LogP contribution in [0.25, 0.3) is 5.57 Å². The quantitative estimate of drug-likeness (QED) is 0.824. The zero-order valence-corrected chi connectivity index (χ0v) is 8.72. The summed E-state index contributed by atoms with van der Waals surface area (Å²) in [5, 5.41) is 0. The summed E-state index contributed by atoms with van der Waals surface area (Å²) in [6.07, 6.45) is 3.74. The van der Waals surface area contributed by atoms with Crippen LogP contribution in [0.15, 0.2) is 18.2 Å². The Kier molecular flexibility index (Phi) is 2.73. The summed E-state index contributed by atoms with van der Waals surface area (Å²) in [5.41, 5.74) is 8.83. The van der Waals surface area contributed by atoms with E-state index in [-0.39, 0.29) is 5.82 Å². The molecule has 1 aromatic rings. The van der Waals surface area contributed by atoms with Gasteiger partial charge in [0.1, 0.15) is 0 Å². The lowest BCUT2D eigenvalue weighted by Gasteiger charge is -2.08. The first-order valence-corrected chi connectivity index (χ1v) is 5.02. The van der Waals surface area contributed by atoms with Gasteiger partial charge in [0, 0.05) is 0 Å². The molecule has 1 aliphatic carbocycles. The van der Waals surface area contributed by atoms with E-state index in [9.17, 15) is 4.39 Å². The second kappa shape index (κ2) is 4.03. The highest BCUT2D eigenvalue weighted by atomic mass is 19.1. The first kappa shape index (κ1) is 10.2. The van der Waals surface area contributed by atoms with Crippen molar-refractivity contribution in [2.75, 3.05) is 13.7 Å². The minimum atomic E-state index is -0.293. The first-order chi connectivity index (χ1) is 7.26. The van der Waals surface area contributed by atoms with Crippen LogP contribution in [-0.4, -0.2) is 13.7 Å². The summed E-state index contributed by atoms with van der Waals surface area (Å²) in [4.78, 5) is 0. The Morgan fingerprint density at radius 3 is 2.93 bits per heavy atom. The van der Waals surface area contributed by atoms with Gasteiger partial charge in [0.05, 0.1) is 7.11 Å². The molecule has 0 saturated carbocycles. The summed E-state index contributed by atoms with van der Waals surface area (Å²) < 4.78 is 18.3. The number of methoxy groups -OCH3 is 1. The van der Waals surface area contributed by atoms with Gasteiger partial charge >= 0.3 is 0 Å². The zero-order chi connectivity index (χ0) is 10.8. The molecule has 80 valence electrons. The molecular formula is C12H14FNO. The van der Waals surface area contributed by atoms with Crippen LogP contribution < -0.4 is 10.5 Å². The Bertz CT molecular complexity index is 412. The fraction of sp³-hybridized carbons (Fsp3) is 0.333. The van der Waals surface area contributed by atoms with E-state index in [1.807, 2.05) is 0 Å². The predicted molar refractivity (Wildman–Crippen MR) is 58.3 cm³/mol. The van der Waals surface area contributed by atoms with Crippen molar-refractivity contribution in [2.24, 2.45) is 5.73 Å². The summed E-state index contributed by atoms with van der Waals surface area (Å²) >= 11 is 0. The van der Waals surface area contributed by atoms with Crippen molar-refractivity contribution in [2.45, 2.75) is 12.8 Å². The number of nitrogens with two attached hydrogens (primary N) is 1. The van der Waals surface area contributed by atoms with Crippen molar-refractivity contribution in [3.8, 4) is 5.75 Å². The topological polar surface area (TPSA) is 35.2 Å². The monoisotopic (exact) mass is 207 g/mol. The van der Waals surface area contributed by atoms with Crippen molar-refractivity contribution in [1.82, 2.24) is 0 Å². The number of ether oxygens (including phenoxy) is 1. The van der Waals surface area contributed by atoms with Gasteiger partial charge in [0.2, 0.25) is 0 Å². The number of hydrogen-bond acceptors (Lipinski definition) is 2. The van der Waals surface area contributed by atoms with Crippen LogP contribution in [0.1, 0.15) is 17.5 Å². The van der Waals surface area contributed by atoms with Crippen LogP contribution in [-0.2, 0) is 6.42 Å². The molecule has 0 aliphatic heterocycles. The summed E-state index contributed by atoms with van der Waals surface area (Å²) in [6, 6.07) is 3.31. The zero-order valence-electron chi connectivity index (χ0n) is 8.72. The van der Waals surface area contributed by atoms with Crippen LogP contribution in [0.5, 0.6) is 5.75 Å². The highest BCUT2D eigenvalue weighted by molar-refractivity contribution is 5.74. The van der Waals surface area contributed by atoms with E-state index in [2.05, 4.69) is 6.08 Å². The highest BCUT2D eigenvalue weighted by Crippen LogP contribution is 2.33. The summed E-state index contributed by atoms with van der Waals surface area (Å²) in [6.45, 7) is 0.616. The summed E-state index contributed by atoms with van der Waals surface area (Å²) in [7, 11) is 1.48. The molecule has 2 N–H and O–H groups in total. The van der Waals surface area contributed by atoms with E-state index in [0.717, 1.165) is 24.0 Å². The number of allylic oxidation sites excluding steroid dienone is 1. The summed E-state index contributed by atoms with van der Waals surface area (Å²) in [5.74, 6) is 0.0113. The van der Waals surface area contributed by atoms with Crippen molar-refractivity contribution >= 4 is 5.57 Å². The average molecular weight is 207 g/mol. The maximum atomic E-state index is 13.4. The van der Waals surface area contributed by atoms with Gasteiger partial charge in [-0.25, -0.2) is 4.39 Å². The SMILES string of the molecule is COc1cc2c(cc1F)CC=C2CCN. The molecule has 0 fully saturated rings. The molecule has 2 nitrogen and oxygen atoms in total. The second-order valence-electron chi connectivity index (χ2n) is 3.62. The third-order valence-electron chi connectivity index (χ3n) is 2.71. The number of halogens is 1. The van der Waals surface area contributed by atoms with E-state index < -0.39 is 0 Å². The van der Waals surface area contributed by atoms with E-state index in [1.54, 1.807) is 12.1 Å². The Balaban J connectivity index is 2.40. The van der Waals surface area contributed by atoms with E-state index in [0.29, 0.717) is 12.3 Å². The van der Waals surface area contributed by atoms with E-state index in [1.165, 1.54) is 12.7 Å². The molecule has 0 unspecified atom stereocenters. The van der Waals surface area contributed by atoms with E-state index >= 15 is 0 Å². The molecule has 0 aromatic heterocycles. The van der Waals surface area contributed by atoms with Gasteiger partial charge in [-0.05, 0) is 48.2 Å². The Hall–Kier alpha value is -1.35. The number of rotatable bonds is 3. The van der Waals surface area contributed by atoms with Gasteiger partial charge < -0.3 is 10.5 Å². The van der Waals surface area contributed by atoms with Gasteiger partial charge in [-0.2, -0.15) is 0 Å². The normalized spacial score (nSPS) is 13.7. The van der Waals surface area contributed by atoms with Crippen LogP contribution in [0.4, 0.5) is 4.39 Å². The first-order valence-electron chi connectivity index (χ1n) is 5.02. The average Bonchev–Trinajstić information content (AvgIpc) is 2.60. The number of fused-ring (bicyclic) bond motifs is 1. The van der Waals surface area contributed by atoms with Crippen molar-refractivity contribution in [1.29, 1.82) is 0 Å². The molecule has 0 bridgehead atoms. The Labute approximate surface area is 88.5 Å². The smallest absolute Gasteiger partial charge is 0.165 e. The molecular weight excluding hydrogens is 193 g/mol. The lowest BCUT2D eigenvalue weighted by molar-refractivity contribution is 0.386. The fourth-order valence-electron chi connectivity index (χ4n) is 1.95. The molecule has 2 rings (SSSR count). The lowest BCUT2D eigenvalue weighted by atomic mass is 10.0. The van der Waals surface area contributed by atoms with Crippen LogP contribution in [0.3, 0.4) is 0 Å². The number of benzene rings is 1. The maximum Gasteiger partial charge on any atom is 0.165 e. The largest absolute Gasteiger partial charge is 0.494 e. The molecule has 0 amide bonds. The lowest BCUT2D eigenvalue weighted by Crippen LogP contribution is -2.00. The molecule has 15 heavy (non-hydrogen) atoms. The van der Waals surface area contributed by atoms with Gasteiger partial charge in [-0.3, -0.25) is 0 Å². The third kappa shape index (κ3) is 1.75. The van der Waals surface area contributed by atoms with Crippen LogP contribution in [0, 0.1) is 5.82 Å². The highest BCUT2D eigenvalue weighted by Gasteiger charge is 2.17. The molecule has 0 heterocycles. The molecule has 0 saturated heterocycles. The standard InChI is InChI=1S/C12H14FNO/c1-15-12-7-10-8(4-5-14)2-3-9(10)6-11(12)13/h2,6-7H,3-5,14H2,1H3. The van der Waals surface area contributed by atoms with Crippen LogP contribution in [0.2, 0.25) is 0 Å². The minimum absolute atomic E-state index is 0.293. The maximum absolute atomic E-state index is 13.4. The molecule has 3 heteroatoms. The Morgan fingerprint density at radius 1 is 1.47 bits per heavy atom. The van der Waals surface area contributed by atoms with Crippen molar-refractivity contribution in [3.05, 3.63) is 35.2 Å². The van der Waals surface area contributed by atoms with Gasteiger partial charge in [-0.15, -0.1) is 0 Å². The van der Waals surface area contributed by atoms with Crippen molar-refractivity contribution in [3.63, 3.8) is 0 Å².